The van der Waals surface area contributed by atoms with Gasteiger partial charge in [-0.25, -0.2) is 0 Å². The highest BCUT2D eigenvalue weighted by atomic mass is 19.4. The second kappa shape index (κ2) is 6.18. The van der Waals surface area contributed by atoms with Crippen LogP contribution < -0.4 is 10.2 Å². The molecule has 0 radical (unpaired) electrons. The van der Waals surface area contributed by atoms with Crippen LogP contribution in [0.15, 0.2) is 28.8 Å². The Morgan fingerprint density at radius 2 is 1.96 bits per heavy atom. The lowest BCUT2D eigenvalue weighted by Gasteiger charge is -2.22. The lowest BCUT2D eigenvalue weighted by Crippen LogP contribution is -2.21. The molecule has 3 rings (SSSR count). The summed E-state index contributed by atoms with van der Waals surface area (Å²) in [4.78, 5) is 14.2. The Balaban J connectivity index is 1.94. The molecule has 2 heterocycles. The molecule has 5 nitrogen and oxygen atoms in total. The zero-order valence-corrected chi connectivity index (χ0v) is 13.0. The van der Waals surface area contributed by atoms with Crippen LogP contribution in [-0.4, -0.2) is 24.2 Å². The fourth-order valence-corrected chi connectivity index (χ4v) is 2.70. The number of carbonyl (C=O) groups is 1. The fraction of sp³-hybridized carbons (Fsp3) is 0.375. The summed E-state index contributed by atoms with van der Waals surface area (Å²) in [6.45, 7) is 3.14. The van der Waals surface area contributed by atoms with Gasteiger partial charge < -0.3 is 14.7 Å². The van der Waals surface area contributed by atoms with Gasteiger partial charge in [-0.1, -0.05) is 5.16 Å². The van der Waals surface area contributed by atoms with E-state index < -0.39 is 17.6 Å². The number of rotatable bonds is 3. The van der Waals surface area contributed by atoms with Crippen molar-refractivity contribution in [1.29, 1.82) is 0 Å². The van der Waals surface area contributed by atoms with E-state index in [4.69, 9.17) is 4.52 Å². The first-order valence-electron chi connectivity index (χ1n) is 7.55. The van der Waals surface area contributed by atoms with Gasteiger partial charge in [-0.05, 0) is 38.0 Å². The van der Waals surface area contributed by atoms with Gasteiger partial charge in [0.05, 0.1) is 22.6 Å². The maximum atomic E-state index is 13.0. The van der Waals surface area contributed by atoms with E-state index in [0.717, 1.165) is 38.1 Å². The second-order valence-corrected chi connectivity index (χ2v) is 5.71. The van der Waals surface area contributed by atoms with E-state index in [2.05, 4.69) is 10.5 Å². The van der Waals surface area contributed by atoms with E-state index in [-0.39, 0.29) is 11.4 Å². The maximum absolute atomic E-state index is 13.0. The number of amides is 1. The number of benzene rings is 1. The molecule has 0 spiro atoms. The van der Waals surface area contributed by atoms with Crippen LogP contribution in [0.3, 0.4) is 0 Å². The van der Waals surface area contributed by atoms with Crippen molar-refractivity contribution in [3.63, 3.8) is 0 Å². The number of anilines is 2. The molecule has 1 aliphatic heterocycles. The molecule has 24 heavy (non-hydrogen) atoms. The smallest absolute Gasteiger partial charge is 0.370 e. The van der Waals surface area contributed by atoms with E-state index in [1.54, 1.807) is 6.92 Å². The number of aryl methyl sites for hydroxylation is 1. The lowest BCUT2D eigenvalue weighted by molar-refractivity contribution is -0.137. The third-order valence-electron chi connectivity index (χ3n) is 3.87. The van der Waals surface area contributed by atoms with Gasteiger partial charge in [-0.2, -0.15) is 13.2 Å². The van der Waals surface area contributed by atoms with Gasteiger partial charge in [0.25, 0.3) is 5.91 Å². The molecular weight excluding hydrogens is 323 g/mol. The monoisotopic (exact) mass is 339 g/mol. The number of aromatic nitrogens is 1. The first-order valence-corrected chi connectivity index (χ1v) is 7.55. The Kier molecular flexibility index (Phi) is 4.21. The Hall–Kier alpha value is -2.51. The minimum Gasteiger partial charge on any atom is -0.370 e. The van der Waals surface area contributed by atoms with Crippen LogP contribution >= 0.6 is 0 Å². The normalized spacial score (nSPS) is 14.9. The van der Waals surface area contributed by atoms with Crippen molar-refractivity contribution in [3.8, 4) is 0 Å². The largest absolute Gasteiger partial charge is 0.416 e. The molecule has 0 atom stereocenters. The summed E-state index contributed by atoms with van der Waals surface area (Å²) in [6.07, 6.45) is -2.54. The Labute approximate surface area is 136 Å². The highest BCUT2D eigenvalue weighted by molar-refractivity contribution is 6.04. The number of hydrogen-bond acceptors (Lipinski definition) is 4. The minimum absolute atomic E-state index is 0.0442. The van der Waals surface area contributed by atoms with Crippen molar-refractivity contribution in [2.75, 3.05) is 23.3 Å². The van der Waals surface area contributed by atoms with Crippen LogP contribution in [0.25, 0.3) is 0 Å². The molecular formula is C16H16F3N3O2. The quantitative estimate of drug-likeness (QED) is 0.923. The van der Waals surface area contributed by atoms with E-state index >= 15 is 0 Å². The standard InChI is InChI=1S/C16H16F3N3O2/c1-10-8-14(24-21-10)15(23)20-12-9-11(16(17,18)19)4-5-13(12)22-6-2-3-7-22/h4-5,8-9H,2-3,6-7H2,1H3,(H,20,23). The summed E-state index contributed by atoms with van der Waals surface area (Å²) >= 11 is 0. The highest BCUT2D eigenvalue weighted by Crippen LogP contribution is 2.36. The molecule has 1 aromatic carbocycles. The number of halogens is 3. The second-order valence-electron chi connectivity index (χ2n) is 5.71. The van der Waals surface area contributed by atoms with Crippen molar-refractivity contribution in [2.24, 2.45) is 0 Å². The molecule has 0 bridgehead atoms. The SMILES string of the molecule is Cc1cc(C(=O)Nc2cc(C(F)(F)F)ccc2N2CCCC2)on1. The summed E-state index contributed by atoms with van der Waals surface area (Å²) in [5.74, 6) is -0.673. The molecule has 1 aliphatic rings. The minimum atomic E-state index is -4.48. The van der Waals surface area contributed by atoms with Crippen LogP contribution in [0.1, 0.15) is 34.7 Å². The fourth-order valence-electron chi connectivity index (χ4n) is 2.70. The Morgan fingerprint density at radius 3 is 2.54 bits per heavy atom. The molecule has 1 N–H and O–H groups in total. The number of alkyl halides is 3. The van der Waals surface area contributed by atoms with Crippen LogP contribution in [0.2, 0.25) is 0 Å². The van der Waals surface area contributed by atoms with Gasteiger partial charge in [0.15, 0.2) is 0 Å². The molecule has 2 aromatic rings. The number of hydrogen-bond donors (Lipinski definition) is 1. The summed E-state index contributed by atoms with van der Waals surface area (Å²) in [5, 5.41) is 6.12. The molecule has 0 unspecified atom stereocenters. The summed E-state index contributed by atoms with van der Waals surface area (Å²) in [7, 11) is 0. The average Bonchev–Trinajstić information content (AvgIpc) is 3.17. The summed E-state index contributed by atoms with van der Waals surface area (Å²) in [5.41, 5.74) is 0.398. The van der Waals surface area contributed by atoms with Crippen LogP contribution in [0, 0.1) is 6.92 Å². The van der Waals surface area contributed by atoms with E-state index in [0.29, 0.717) is 11.4 Å². The molecule has 0 aliphatic carbocycles. The summed E-state index contributed by atoms with van der Waals surface area (Å²) in [6, 6.07) is 4.81. The molecule has 0 saturated carbocycles. The zero-order chi connectivity index (χ0) is 17.3. The van der Waals surface area contributed by atoms with E-state index in [1.807, 2.05) is 4.90 Å². The predicted octanol–water partition coefficient (Wildman–Crippen LogP) is 3.85. The molecule has 1 aromatic heterocycles. The van der Waals surface area contributed by atoms with Gasteiger partial charge in [-0.15, -0.1) is 0 Å². The van der Waals surface area contributed by atoms with Gasteiger partial charge in [0.2, 0.25) is 5.76 Å². The van der Waals surface area contributed by atoms with Crippen LogP contribution in [0.5, 0.6) is 0 Å². The third-order valence-corrected chi connectivity index (χ3v) is 3.87. The number of carbonyl (C=O) groups excluding carboxylic acids is 1. The lowest BCUT2D eigenvalue weighted by atomic mass is 10.1. The maximum Gasteiger partial charge on any atom is 0.416 e. The molecule has 1 saturated heterocycles. The molecule has 128 valence electrons. The first-order chi connectivity index (χ1) is 11.3. The molecule has 1 amide bonds. The Morgan fingerprint density at radius 1 is 1.25 bits per heavy atom. The first kappa shape index (κ1) is 16.4. The number of nitrogens with zero attached hydrogens (tertiary/aromatic N) is 2. The summed E-state index contributed by atoms with van der Waals surface area (Å²) < 4.78 is 43.8. The van der Waals surface area contributed by atoms with Gasteiger partial charge in [0, 0.05) is 19.2 Å². The molecule has 1 fully saturated rings. The predicted molar refractivity (Wildman–Crippen MR) is 82.1 cm³/mol. The van der Waals surface area contributed by atoms with Crippen molar-refractivity contribution in [2.45, 2.75) is 25.9 Å². The van der Waals surface area contributed by atoms with Gasteiger partial charge in [0.1, 0.15) is 0 Å². The van der Waals surface area contributed by atoms with Crippen LogP contribution in [0.4, 0.5) is 24.5 Å². The van der Waals surface area contributed by atoms with E-state index in [9.17, 15) is 18.0 Å². The van der Waals surface area contributed by atoms with Crippen molar-refractivity contribution in [1.82, 2.24) is 5.16 Å². The third kappa shape index (κ3) is 3.37. The zero-order valence-electron chi connectivity index (χ0n) is 13.0. The highest BCUT2D eigenvalue weighted by Gasteiger charge is 2.32. The van der Waals surface area contributed by atoms with Crippen molar-refractivity contribution >= 4 is 17.3 Å². The van der Waals surface area contributed by atoms with Crippen LogP contribution in [-0.2, 0) is 6.18 Å². The van der Waals surface area contributed by atoms with Gasteiger partial charge in [-0.3, -0.25) is 4.79 Å². The van der Waals surface area contributed by atoms with E-state index in [1.165, 1.54) is 12.1 Å². The average molecular weight is 339 g/mol. The topological polar surface area (TPSA) is 58.4 Å². The van der Waals surface area contributed by atoms with Gasteiger partial charge >= 0.3 is 6.18 Å². The molecule has 8 heteroatoms. The van der Waals surface area contributed by atoms with Crippen molar-refractivity contribution in [3.05, 3.63) is 41.3 Å². The Bertz CT molecular complexity index is 749. The number of nitrogens with one attached hydrogen (secondary N) is 1. The van der Waals surface area contributed by atoms with Crippen molar-refractivity contribution < 1.29 is 22.5 Å².